The number of halogens is 1. The van der Waals surface area contributed by atoms with E-state index < -0.39 is 12.1 Å². The van der Waals surface area contributed by atoms with Gasteiger partial charge in [-0.05, 0) is 30.5 Å². The lowest BCUT2D eigenvalue weighted by molar-refractivity contribution is 0.281. The molecule has 0 aliphatic heterocycles. The molecule has 0 amide bonds. The molecule has 104 valence electrons. The number of benzene rings is 1. The Kier molecular flexibility index (Phi) is 6.95. The SMILES string of the molecule is CCCCCC[C@@H](F)C[C@H](C#N)c1ccc(O)cc1. The second-order valence-electron chi connectivity index (χ2n) is 4.96. The molecule has 0 saturated heterocycles. The normalized spacial score (nSPS) is 13.7. The molecule has 3 heteroatoms. The van der Waals surface area contributed by atoms with E-state index in [1.807, 2.05) is 0 Å². The van der Waals surface area contributed by atoms with E-state index in [2.05, 4.69) is 13.0 Å². The highest BCUT2D eigenvalue weighted by atomic mass is 19.1. The van der Waals surface area contributed by atoms with E-state index in [0.717, 1.165) is 31.2 Å². The zero-order chi connectivity index (χ0) is 14.1. The summed E-state index contributed by atoms with van der Waals surface area (Å²) in [7, 11) is 0. The maximum Gasteiger partial charge on any atom is 0.115 e. The van der Waals surface area contributed by atoms with Gasteiger partial charge in [0.2, 0.25) is 0 Å². The Hall–Kier alpha value is -1.56. The van der Waals surface area contributed by atoms with Crippen molar-refractivity contribution >= 4 is 0 Å². The summed E-state index contributed by atoms with van der Waals surface area (Å²) in [6, 6.07) is 8.60. The average molecular weight is 263 g/mol. The molecule has 0 heterocycles. The van der Waals surface area contributed by atoms with Crippen molar-refractivity contribution in [3.63, 3.8) is 0 Å². The topological polar surface area (TPSA) is 44.0 Å². The third kappa shape index (κ3) is 5.74. The van der Waals surface area contributed by atoms with Crippen LogP contribution in [0.15, 0.2) is 24.3 Å². The summed E-state index contributed by atoms with van der Waals surface area (Å²) in [5, 5.41) is 18.3. The minimum atomic E-state index is -0.921. The van der Waals surface area contributed by atoms with Crippen LogP contribution < -0.4 is 0 Å². The van der Waals surface area contributed by atoms with Crippen LogP contribution in [0, 0.1) is 11.3 Å². The van der Waals surface area contributed by atoms with Crippen molar-refractivity contribution < 1.29 is 9.50 Å². The van der Waals surface area contributed by atoms with Crippen LogP contribution in [-0.4, -0.2) is 11.3 Å². The van der Waals surface area contributed by atoms with Gasteiger partial charge in [-0.1, -0.05) is 44.7 Å². The van der Waals surface area contributed by atoms with Gasteiger partial charge in [-0.15, -0.1) is 0 Å². The van der Waals surface area contributed by atoms with Gasteiger partial charge in [0.15, 0.2) is 0 Å². The van der Waals surface area contributed by atoms with Crippen LogP contribution in [0.5, 0.6) is 5.75 Å². The summed E-state index contributed by atoms with van der Waals surface area (Å²) < 4.78 is 13.8. The molecule has 0 aliphatic rings. The van der Waals surface area contributed by atoms with Gasteiger partial charge >= 0.3 is 0 Å². The van der Waals surface area contributed by atoms with E-state index in [1.165, 1.54) is 12.1 Å². The molecule has 0 unspecified atom stereocenters. The molecular formula is C16H22FNO. The molecule has 1 N–H and O–H groups in total. The molecule has 0 spiro atoms. The number of nitriles is 1. The quantitative estimate of drug-likeness (QED) is 0.691. The summed E-state index contributed by atoms with van der Waals surface area (Å²) in [6.07, 6.45) is 4.10. The Bertz CT molecular complexity index is 396. The van der Waals surface area contributed by atoms with Crippen molar-refractivity contribution in [2.24, 2.45) is 0 Å². The molecule has 0 aliphatic carbocycles. The first-order chi connectivity index (χ1) is 9.17. The Morgan fingerprint density at radius 1 is 1.21 bits per heavy atom. The lowest BCUT2D eigenvalue weighted by Gasteiger charge is -2.13. The van der Waals surface area contributed by atoms with E-state index in [9.17, 15) is 9.50 Å². The van der Waals surface area contributed by atoms with Crippen LogP contribution in [0.25, 0.3) is 0 Å². The number of aromatic hydroxyl groups is 1. The van der Waals surface area contributed by atoms with Gasteiger partial charge in [-0.2, -0.15) is 5.26 Å². The molecule has 1 aromatic carbocycles. The Morgan fingerprint density at radius 3 is 2.47 bits per heavy atom. The number of hydrogen-bond donors (Lipinski definition) is 1. The zero-order valence-corrected chi connectivity index (χ0v) is 11.5. The molecule has 19 heavy (non-hydrogen) atoms. The summed E-state index contributed by atoms with van der Waals surface area (Å²) in [5.74, 6) is -0.265. The van der Waals surface area contributed by atoms with Gasteiger partial charge in [0.05, 0.1) is 12.0 Å². The number of rotatable bonds is 8. The van der Waals surface area contributed by atoms with Crippen molar-refractivity contribution in [1.29, 1.82) is 5.26 Å². The number of phenolic OH excluding ortho intramolecular Hbond substituents is 1. The Labute approximate surface area is 114 Å². The van der Waals surface area contributed by atoms with Crippen LogP contribution in [-0.2, 0) is 0 Å². The second-order valence-corrected chi connectivity index (χ2v) is 4.96. The fraction of sp³-hybridized carbons (Fsp3) is 0.562. The molecule has 0 bridgehead atoms. The van der Waals surface area contributed by atoms with Gasteiger partial charge in [-0.3, -0.25) is 0 Å². The summed E-state index contributed by atoms with van der Waals surface area (Å²) in [6.45, 7) is 2.13. The lowest BCUT2D eigenvalue weighted by atomic mass is 9.93. The fourth-order valence-electron chi connectivity index (χ4n) is 2.14. The summed E-state index contributed by atoms with van der Waals surface area (Å²) in [4.78, 5) is 0. The van der Waals surface area contributed by atoms with Crippen molar-refractivity contribution in [2.75, 3.05) is 0 Å². The van der Waals surface area contributed by atoms with Crippen molar-refractivity contribution in [2.45, 2.75) is 57.5 Å². The van der Waals surface area contributed by atoms with Crippen LogP contribution in [0.1, 0.15) is 56.9 Å². The number of nitrogens with zero attached hydrogens (tertiary/aromatic N) is 1. The molecule has 0 fully saturated rings. The predicted molar refractivity (Wildman–Crippen MR) is 74.7 cm³/mol. The maximum atomic E-state index is 13.8. The first-order valence-corrected chi connectivity index (χ1v) is 7.00. The number of phenols is 1. The Balaban J connectivity index is 2.44. The Morgan fingerprint density at radius 2 is 1.89 bits per heavy atom. The fourth-order valence-corrected chi connectivity index (χ4v) is 2.14. The first-order valence-electron chi connectivity index (χ1n) is 7.00. The predicted octanol–water partition coefficient (Wildman–Crippen LogP) is 4.70. The van der Waals surface area contributed by atoms with Crippen molar-refractivity contribution in [3.05, 3.63) is 29.8 Å². The van der Waals surface area contributed by atoms with E-state index in [-0.39, 0.29) is 12.2 Å². The molecule has 2 atom stereocenters. The standard InChI is InChI=1S/C16H22FNO/c1-2-3-4-5-6-15(17)11-14(12-18)13-7-9-16(19)10-8-13/h7-10,14-15,19H,2-6,11H2,1H3/t14-,15-/m1/s1. The van der Waals surface area contributed by atoms with Gasteiger partial charge < -0.3 is 5.11 Å². The lowest BCUT2D eigenvalue weighted by Crippen LogP contribution is -2.07. The maximum absolute atomic E-state index is 13.8. The second kappa shape index (κ2) is 8.53. The smallest absolute Gasteiger partial charge is 0.115 e. The molecule has 0 radical (unpaired) electrons. The van der Waals surface area contributed by atoms with Crippen LogP contribution >= 0.6 is 0 Å². The molecule has 2 nitrogen and oxygen atoms in total. The highest BCUT2D eigenvalue weighted by Gasteiger charge is 2.17. The molecule has 1 aromatic rings. The molecule has 0 saturated carbocycles. The van der Waals surface area contributed by atoms with Gasteiger partial charge in [-0.25, -0.2) is 4.39 Å². The van der Waals surface area contributed by atoms with Crippen molar-refractivity contribution in [1.82, 2.24) is 0 Å². The van der Waals surface area contributed by atoms with Gasteiger partial charge in [0.1, 0.15) is 11.9 Å². The average Bonchev–Trinajstić information content (AvgIpc) is 2.42. The van der Waals surface area contributed by atoms with E-state index in [1.54, 1.807) is 12.1 Å². The van der Waals surface area contributed by atoms with Crippen LogP contribution in [0.3, 0.4) is 0 Å². The van der Waals surface area contributed by atoms with Gasteiger partial charge in [0, 0.05) is 0 Å². The summed E-state index contributed by atoms with van der Waals surface area (Å²) >= 11 is 0. The number of unbranched alkanes of at least 4 members (excludes halogenated alkanes) is 3. The van der Waals surface area contributed by atoms with E-state index >= 15 is 0 Å². The molecular weight excluding hydrogens is 241 g/mol. The summed E-state index contributed by atoms with van der Waals surface area (Å²) in [5.41, 5.74) is 0.775. The van der Waals surface area contributed by atoms with Crippen LogP contribution in [0.2, 0.25) is 0 Å². The van der Waals surface area contributed by atoms with Crippen molar-refractivity contribution in [3.8, 4) is 11.8 Å². The van der Waals surface area contributed by atoms with Crippen LogP contribution in [0.4, 0.5) is 4.39 Å². The molecule has 0 aromatic heterocycles. The van der Waals surface area contributed by atoms with E-state index in [4.69, 9.17) is 5.26 Å². The third-order valence-corrected chi connectivity index (χ3v) is 3.31. The minimum absolute atomic E-state index is 0.164. The number of hydrogen-bond acceptors (Lipinski definition) is 2. The minimum Gasteiger partial charge on any atom is -0.508 e. The zero-order valence-electron chi connectivity index (χ0n) is 11.5. The van der Waals surface area contributed by atoms with Gasteiger partial charge in [0.25, 0.3) is 0 Å². The van der Waals surface area contributed by atoms with E-state index in [0.29, 0.717) is 6.42 Å². The highest BCUT2D eigenvalue weighted by molar-refractivity contribution is 5.31. The monoisotopic (exact) mass is 263 g/mol. The first kappa shape index (κ1) is 15.5. The highest BCUT2D eigenvalue weighted by Crippen LogP contribution is 2.25. The third-order valence-electron chi connectivity index (χ3n) is 3.31. The molecule has 1 rings (SSSR count). The largest absolute Gasteiger partial charge is 0.508 e. The number of alkyl halides is 1.